The van der Waals surface area contributed by atoms with E-state index in [1.54, 1.807) is 6.08 Å². The van der Waals surface area contributed by atoms with Gasteiger partial charge in [-0.25, -0.2) is 8.42 Å². The van der Waals surface area contributed by atoms with Crippen molar-refractivity contribution in [1.82, 2.24) is 4.31 Å². The standard InChI is InChI=1S/C9H18N2O3S.ClH/c1-2-3-6-15(12,13)11-4-5-14-9(7-10)8-11;/h2,9H,1,3-8,10H2;1H. The normalized spacial score (nSPS) is 22.4. The van der Waals surface area contributed by atoms with Gasteiger partial charge in [-0.3, -0.25) is 0 Å². The van der Waals surface area contributed by atoms with Gasteiger partial charge < -0.3 is 10.5 Å². The Balaban J connectivity index is 0.00000225. The molecule has 0 bridgehead atoms. The molecule has 1 aliphatic heterocycles. The molecule has 0 radical (unpaired) electrons. The Morgan fingerprint density at radius 3 is 2.81 bits per heavy atom. The van der Waals surface area contributed by atoms with Crippen LogP contribution in [0.4, 0.5) is 0 Å². The van der Waals surface area contributed by atoms with Gasteiger partial charge in [-0.1, -0.05) is 6.08 Å². The SMILES string of the molecule is C=CCCS(=O)(=O)N1CCOC(CN)C1.Cl. The molecule has 7 heteroatoms. The van der Waals surface area contributed by atoms with Crippen molar-refractivity contribution >= 4 is 22.4 Å². The van der Waals surface area contributed by atoms with E-state index >= 15 is 0 Å². The van der Waals surface area contributed by atoms with Crippen LogP contribution in [0.1, 0.15) is 6.42 Å². The summed E-state index contributed by atoms with van der Waals surface area (Å²) in [5.41, 5.74) is 5.45. The van der Waals surface area contributed by atoms with E-state index in [0.29, 0.717) is 32.7 Å². The molecular formula is C9H19ClN2O3S. The average Bonchev–Trinajstić information content (AvgIpc) is 2.26. The van der Waals surface area contributed by atoms with E-state index in [4.69, 9.17) is 10.5 Å². The van der Waals surface area contributed by atoms with Crippen LogP contribution in [-0.4, -0.2) is 50.8 Å². The Kier molecular flexibility index (Phi) is 7.17. The summed E-state index contributed by atoms with van der Waals surface area (Å²) in [6.07, 6.45) is 1.92. The molecule has 1 heterocycles. The van der Waals surface area contributed by atoms with Crippen LogP contribution in [0.5, 0.6) is 0 Å². The lowest BCUT2D eigenvalue weighted by molar-refractivity contribution is 0.00453. The van der Waals surface area contributed by atoms with Crippen molar-refractivity contribution in [3.63, 3.8) is 0 Å². The van der Waals surface area contributed by atoms with Crippen molar-refractivity contribution in [2.24, 2.45) is 5.73 Å². The van der Waals surface area contributed by atoms with Crippen LogP contribution in [0.15, 0.2) is 12.7 Å². The van der Waals surface area contributed by atoms with E-state index in [2.05, 4.69) is 6.58 Å². The highest BCUT2D eigenvalue weighted by Gasteiger charge is 2.27. The maximum absolute atomic E-state index is 11.8. The number of hydrogen-bond donors (Lipinski definition) is 1. The number of allylic oxidation sites excluding steroid dienone is 1. The minimum absolute atomic E-state index is 0. The number of rotatable bonds is 5. The Bertz CT molecular complexity index is 308. The molecule has 0 aliphatic carbocycles. The summed E-state index contributed by atoms with van der Waals surface area (Å²) in [6, 6.07) is 0. The molecule has 0 aromatic rings. The van der Waals surface area contributed by atoms with Gasteiger partial charge in [0.1, 0.15) is 0 Å². The Morgan fingerprint density at radius 2 is 2.25 bits per heavy atom. The third-order valence-corrected chi connectivity index (χ3v) is 4.21. The van der Waals surface area contributed by atoms with Crippen LogP contribution in [-0.2, 0) is 14.8 Å². The molecule has 0 aromatic heterocycles. The zero-order valence-electron chi connectivity index (χ0n) is 9.17. The molecule has 1 aliphatic rings. The van der Waals surface area contributed by atoms with Crippen molar-refractivity contribution in [3.8, 4) is 0 Å². The Morgan fingerprint density at radius 1 is 1.56 bits per heavy atom. The maximum Gasteiger partial charge on any atom is 0.214 e. The highest BCUT2D eigenvalue weighted by atomic mass is 35.5. The van der Waals surface area contributed by atoms with Crippen LogP contribution in [0.25, 0.3) is 0 Å². The van der Waals surface area contributed by atoms with Crippen LogP contribution in [0.2, 0.25) is 0 Å². The second kappa shape index (κ2) is 7.24. The predicted molar refractivity (Wildman–Crippen MR) is 66.2 cm³/mol. The van der Waals surface area contributed by atoms with Crippen molar-refractivity contribution < 1.29 is 13.2 Å². The van der Waals surface area contributed by atoms with Gasteiger partial charge in [0.25, 0.3) is 0 Å². The monoisotopic (exact) mass is 270 g/mol. The van der Waals surface area contributed by atoms with E-state index in [-0.39, 0.29) is 24.3 Å². The summed E-state index contributed by atoms with van der Waals surface area (Å²) in [4.78, 5) is 0. The first-order valence-corrected chi connectivity index (χ1v) is 6.61. The zero-order chi connectivity index (χ0) is 11.3. The molecule has 0 saturated carbocycles. The quantitative estimate of drug-likeness (QED) is 0.713. The first-order chi connectivity index (χ1) is 7.10. The number of sulfonamides is 1. The summed E-state index contributed by atoms with van der Waals surface area (Å²) < 4.78 is 30.3. The van der Waals surface area contributed by atoms with Crippen LogP contribution < -0.4 is 5.73 Å². The minimum Gasteiger partial charge on any atom is -0.374 e. The fraction of sp³-hybridized carbons (Fsp3) is 0.778. The van der Waals surface area contributed by atoms with E-state index in [9.17, 15) is 8.42 Å². The van der Waals surface area contributed by atoms with Gasteiger partial charge in [-0.05, 0) is 6.42 Å². The molecule has 1 rings (SSSR count). The van der Waals surface area contributed by atoms with Gasteiger partial charge in [0.05, 0.1) is 18.5 Å². The van der Waals surface area contributed by atoms with Crippen molar-refractivity contribution in [3.05, 3.63) is 12.7 Å². The number of hydrogen-bond acceptors (Lipinski definition) is 4. The highest BCUT2D eigenvalue weighted by Crippen LogP contribution is 2.10. The lowest BCUT2D eigenvalue weighted by atomic mass is 10.3. The van der Waals surface area contributed by atoms with E-state index < -0.39 is 10.0 Å². The van der Waals surface area contributed by atoms with E-state index in [1.165, 1.54) is 4.31 Å². The largest absolute Gasteiger partial charge is 0.374 e. The molecule has 1 unspecified atom stereocenters. The smallest absolute Gasteiger partial charge is 0.214 e. The average molecular weight is 271 g/mol. The number of nitrogens with two attached hydrogens (primary N) is 1. The van der Waals surface area contributed by atoms with Gasteiger partial charge in [-0.2, -0.15) is 4.31 Å². The van der Waals surface area contributed by atoms with Crippen LogP contribution in [0.3, 0.4) is 0 Å². The summed E-state index contributed by atoms with van der Waals surface area (Å²) in [5, 5.41) is 0. The van der Waals surface area contributed by atoms with E-state index in [0.717, 1.165) is 0 Å². The molecule has 1 atom stereocenters. The van der Waals surface area contributed by atoms with Crippen LogP contribution in [0, 0.1) is 0 Å². The van der Waals surface area contributed by atoms with Crippen molar-refractivity contribution in [1.29, 1.82) is 0 Å². The third kappa shape index (κ3) is 4.39. The molecule has 0 amide bonds. The number of ether oxygens (including phenoxy) is 1. The molecule has 16 heavy (non-hydrogen) atoms. The molecule has 0 aromatic carbocycles. The maximum atomic E-state index is 11.8. The van der Waals surface area contributed by atoms with Crippen molar-refractivity contribution in [2.45, 2.75) is 12.5 Å². The van der Waals surface area contributed by atoms with Gasteiger partial charge in [0.2, 0.25) is 10.0 Å². The molecule has 1 fully saturated rings. The van der Waals surface area contributed by atoms with Gasteiger partial charge in [0.15, 0.2) is 0 Å². The molecule has 2 N–H and O–H groups in total. The molecule has 1 saturated heterocycles. The zero-order valence-corrected chi connectivity index (χ0v) is 10.8. The highest BCUT2D eigenvalue weighted by molar-refractivity contribution is 7.89. The Hall–Kier alpha value is -0.140. The predicted octanol–water partition coefficient (Wildman–Crippen LogP) is -0.0264. The third-order valence-electron chi connectivity index (χ3n) is 2.34. The summed E-state index contributed by atoms with van der Waals surface area (Å²) in [7, 11) is -3.16. The second-order valence-corrected chi connectivity index (χ2v) is 5.57. The summed E-state index contributed by atoms with van der Waals surface area (Å²) in [5.74, 6) is 0.119. The fourth-order valence-electron chi connectivity index (χ4n) is 1.45. The van der Waals surface area contributed by atoms with E-state index in [1.807, 2.05) is 0 Å². The minimum atomic E-state index is -3.16. The molecule has 0 spiro atoms. The Labute approximate surface area is 103 Å². The molecule has 5 nitrogen and oxygen atoms in total. The summed E-state index contributed by atoms with van der Waals surface area (Å²) >= 11 is 0. The molecular weight excluding hydrogens is 252 g/mol. The number of morpholine rings is 1. The first kappa shape index (κ1) is 15.9. The van der Waals surface area contributed by atoms with Crippen molar-refractivity contribution in [2.75, 3.05) is 32.0 Å². The lowest BCUT2D eigenvalue weighted by Gasteiger charge is -2.31. The lowest BCUT2D eigenvalue weighted by Crippen LogP contribution is -2.48. The number of nitrogens with zero attached hydrogens (tertiary/aromatic N) is 1. The molecule has 96 valence electrons. The van der Waals surface area contributed by atoms with Gasteiger partial charge >= 0.3 is 0 Å². The van der Waals surface area contributed by atoms with Gasteiger partial charge in [-0.15, -0.1) is 19.0 Å². The summed E-state index contributed by atoms with van der Waals surface area (Å²) in [6.45, 7) is 5.09. The second-order valence-electron chi connectivity index (χ2n) is 3.48. The topological polar surface area (TPSA) is 72.6 Å². The number of halogens is 1. The van der Waals surface area contributed by atoms with Crippen LogP contribution >= 0.6 is 12.4 Å². The fourth-order valence-corrected chi connectivity index (χ4v) is 2.92. The first-order valence-electron chi connectivity index (χ1n) is 5.00. The van der Waals surface area contributed by atoms with Gasteiger partial charge in [0, 0.05) is 19.6 Å².